The Morgan fingerprint density at radius 3 is 1.61 bits per heavy atom. The number of nitrogens with one attached hydrogen (secondary N) is 1. The van der Waals surface area contributed by atoms with Crippen LogP contribution in [0, 0.1) is 0 Å². The maximum atomic E-state index is 10.2. The maximum absolute atomic E-state index is 10.2. The van der Waals surface area contributed by atoms with Crippen LogP contribution in [0.15, 0.2) is 54.6 Å². The van der Waals surface area contributed by atoms with Crippen LogP contribution in [-0.2, 0) is 26.5 Å². The van der Waals surface area contributed by atoms with Gasteiger partial charge in [-0.1, -0.05) is 94.9 Å². The van der Waals surface area contributed by atoms with Gasteiger partial charge in [-0.2, -0.15) is 0 Å². The molecule has 1 N–H and O–H groups in total. The number of hydrogen-bond acceptors (Lipinski definition) is 1. The van der Waals surface area contributed by atoms with Crippen LogP contribution in [0.25, 0.3) is 27.3 Å². The number of hydrogen-bond donors (Lipinski definition) is 0. The van der Waals surface area contributed by atoms with Crippen molar-refractivity contribution in [1.29, 1.82) is 0 Å². The summed E-state index contributed by atoms with van der Waals surface area (Å²) < 4.78 is 0. The van der Waals surface area contributed by atoms with E-state index in [1.54, 1.807) is 0 Å². The fourth-order valence-electron chi connectivity index (χ4n) is 3.15. The van der Waals surface area contributed by atoms with Crippen LogP contribution in [-0.4, -0.2) is 15.4 Å². The predicted octanol–water partition coefficient (Wildman–Crippen LogP) is 2.21. The van der Waals surface area contributed by atoms with Gasteiger partial charge in [0, 0.05) is 15.4 Å². The third kappa shape index (κ3) is 14.9. The number of unbranched alkanes of at least 4 members (excludes halogenated alkanes) is 6. The molecule has 0 bridgehead atoms. The molecule has 0 saturated heterocycles. The Morgan fingerprint density at radius 1 is 0.806 bits per heavy atom. The number of carbonyl (C=O) groups excluding carboxylic acids is 1. The van der Waals surface area contributed by atoms with Crippen LogP contribution in [0.1, 0.15) is 58.3 Å². The van der Waals surface area contributed by atoms with Crippen molar-refractivity contribution in [3.8, 4) is 0 Å². The molecule has 1 amide bonds. The quantitative estimate of drug-likeness (QED) is 0.259. The number of benzene rings is 2. The zero-order valence-electron chi connectivity index (χ0n) is 19.0. The maximum Gasteiger partial charge on any atom is 4.00 e. The Kier molecular flexibility index (Phi) is 25.3. The minimum absolute atomic E-state index is 0. The Hall–Kier alpha value is -0.709. The van der Waals surface area contributed by atoms with Gasteiger partial charge in [0.2, 0.25) is 0 Å². The van der Waals surface area contributed by atoms with Crippen LogP contribution < -0.4 is 24.8 Å². The van der Waals surface area contributed by atoms with Crippen molar-refractivity contribution < 1.29 is 51.3 Å². The molecule has 3 aromatic carbocycles. The predicted molar refractivity (Wildman–Crippen MR) is 126 cm³/mol. The largest absolute Gasteiger partial charge is 4.00 e. The van der Waals surface area contributed by atoms with E-state index in [0.717, 1.165) is 22.4 Å². The van der Waals surface area contributed by atoms with Crippen LogP contribution in [0.5, 0.6) is 0 Å². The van der Waals surface area contributed by atoms with E-state index in [9.17, 15) is 4.79 Å². The van der Waals surface area contributed by atoms with Crippen LogP contribution in [0.3, 0.4) is 0 Å². The molecule has 0 heterocycles. The monoisotopic (exact) mass is 511 g/mol. The summed E-state index contributed by atoms with van der Waals surface area (Å²) in [6.45, 7) is 6.51. The molecule has 0 unspecified atom stereocenters. The van der Waals surface area contributed by atoms with Crippen molar-refractivity contribution in [1.82, 2.24) is 0 Å². The summed E-state index contributed by atoms with van der Waals surface area (Å²) >= 11 is 0. The summed E-state index contributed by atoms with van der Waals surface area (Å²) in [4.78, 5) is 10.2. The Balaban J connectivity index is -0.000000415. The number of amides is 1. The van der Waals surface area contributed by atoms with E-state index >= 15 is 0 Å². The smallest absolute Gasteiger partial charge is 1.00 e. The third-order valence-electron chi connectivity index (χ3n) is 4.53. The average molecular weight is 512 g/mol. The number of rotatable bonds is 8. The van der Waals surface area contributed by atoms with Gasteiger partial charge in [0.05, 0.1) is 0 Å². The van der Waals surface area contributed by atoms with Gasteiger partial charge in [0.1, 0.15) is 0 Å². The molecular formula is C25H35Cl2NOSiTi. The Morgan fingerprint density at radius 2 is 1.19 bits per heavy atom. The molecule has 0 saturated carbocycles. The molecule has 31 heavy (non-hydrogen) atoms. The van der Waals surface area contributed by atoms with Crippen molar-refractivity contribution in [2.24, 2.45) is 0 Å². The number of fused-ring (bicyclic) bond motifs is 3. The standard InChI is InChI=1S/C13H9.C10H21NO.C2H6Si.2ClH.Ti/c1-3-7-12-10(5-1)9-11-6-2-4-8-13(11)12;1-2-3-4-5-6-7-8-9-10(11)12;1-3-2;;;/h1-9H;2-9H2,1H3,(H2,11,12);1-2H3;2*1H;/q-1;;;;;+4/p-3. The second kappa shape index (κ2) is 22.5. The normalized spacial score (nSPS) is 9.13. The first-order valence-electron chi connectivity index (χ1n) is 10.5. The van der Waals surface area contributed by atoms with Gasteiger partial charge >= 0.3 is 21.7 Å². The molecule has 2 radical (unpaired) electrons. The van der Waals surface area contributed by atoms with E-state index in [1.165, 1.54) is 53.6 Å². The molecular weight excluding hydrogens is 477 g/mol. The number of halogens is 2. The van der Waals surface area contributed by atoms with Gasteiger partial charge in [0.25, 0.3) is 0 Å². The van der Waals surface area contributed by atoms with E-state index in [-0.39, 0.29) is 46.5 Å². The summed E-state index contributed by atoms with van der Waals surface area (Å²) in [5.74, 6) is -0.413. The molecule has 0 aromatic heterocycles. The average Bonchev–Trinajstić information content (AvgIpc) is 3.07. The van der Waals surface area contributed by atoms with E-state index in [4.69, 9.17) is 5.73 Å². The molecule has 0 aliphatic heterocycles. The summed E-state index contributed by atoms with van der Waals surface area (Å²) in [5.41, 5.74) is 6.69. The zero-order chi connectivity index (χ0) is 20.6. The van der Waals surface area contributed by atoms with Gasteiger partial charge in [-0.05, 0) is 12.8 Å². The van der Waals surface area contributed by atoms with Crippen molar-refractivity contribution >= 4 is 37.0 Å². The molecule has 168 valence electrons. The summed E-state index contributed by atoms with van der Waals surface area (Å²) in [6, 6.07) is 19.3. The molecule has 0 aliphatic carbocycles. The minimum atomic E-state index is -0.413. The molecule has 0 fully saturated rings. The van der Waals surface area contributed by atoms with Gasteiger partial charge < -0.3 is 35.3 Å². The first-order valence-corrected chi connectivity index (χ1v) is 12.5. The van der Waals surface area contributed by atoms with Gasteiger partial charge in [-0.3, -0.25) is 0 Å². The minimum Gasteiger partial charge on any atom is -1.00 e. The van der Waals surface area contributed by atoms with E-state index in [2.05, 4.69) is 74.6 Å². The molecule has 3 aromatic rings. The fourth-order valence-corrected chi connectivity index (χ4v) is 3.15. The van der Waals surface area contributed by atoms with Crippen LogP contribution >= 0.6 is 0 Å². The fraction of sp³-hybridized carbons (Fsp3) is 0.440. The summed E-state index contributed by atoms with van der Waals surface area (Å²) in [5, 5.41) is 5.39. The van der Waals surface area contributed by atoms with Crippen molar-refractivity contribution in [2.75, 3.05) is 0 Å². The first kappa shape index (κ1) is 34.9. The SMILES string of the molecule is CCCCCCCCCC([NH-])=O.C[Si]C.[Cl-].[Cl-].[Ti+4].c1ccc2c(c1)[cH-]c1ccccc12. The van der Waals surface area contributed by atoms with Crippen LogP contribution in [0.4, 0.5) is 0 Å². The first-order chi connectivity index (χ1) is 13.6. The number of carbonyl (C=O) groups is 1. The van der Waals surface area contributed by atoms with E-state index < -0.39 is 5.91 Å². The van der Waals surface area contributed by atoms with E-state index in [0.29, 0.717) is 6.42 Å². The van der Waals surface area contributed by atoms with Gasteiger partial charge in [0.15, 0.2) is 0 Å². The Bertz CT molecular complexity index is 760. The second-order valence-electron chi connectivity index (χ2n) is 7.11. The summed E-state index contributed by atoms with van der Waals surface area (Å²) in [6.07, 6.45) is 8.94. The van der Waals surface area contributed by atoms with Crippen molar-refractivity contribution in [3.05, 3.63) is 60.3 Å². The third-order valence-corrected chi connectivity index (χ3v) is 4.53. The van der Waals surface area contributed by atoms with Gasteiger partial charge in [-0.25, -0.2) is 0 Å². The summed E-state index contributed by atoms with van der Waals surface area (Å²) in [7, 11) is 1.08. The molecule has 0 spiro atoms. The topological polar surface area (TPSA) is 40.9 Å². The van der Waals surface area contributed by atoms with E-state index in [1.807, 2.05) is 0 Å². The van der Waals surface area contributed by atoms with Crippen LogP contribution in [0.2, 0.25) is 13.1 Å². The zero-order valence-corrected chi connectivity index (χ0v) is 23.1. The second-order valence-corrected chi connectivity index (χ2v) is 8.11. The molecule has 0 aliphatic rings. The van der Waals surface area contributed by atoms with Crippen molar-refractivity contribution in [3.63, 3.8) is 0 Å². The van der Waals surface area contributed by atoms with Gasteiger partial charge in [-0.15, -0.1) is 39.7 Å². The molecule has 2 nitrogen and oxygen atoms in total. The molecule has 0 atom stereocenters. The molecule has 6 heteroatoms. The molecule has 3 rings (SSSR count). The van der Waals surface area contributed by atoms with Crippen molar-refractivity contribution in [2.45, 2.75) is 71.4 Å². The Labute approximate surface area is 219 Å².